The summed E-state index contributed by atoms with van der Waals surface area (Å²) in [5.41, 5.74) is 4.05. The Bertz CT molecular complexity index is 744. The summed E-state index contributed by atoms with van der Waals surface area (Å²) in [6.07, 6.45) is 4.67. The van der Waals surface area contributed by atoms with Gasteiger partial charge in [-0.25, -0.2) is 0 Å². The predicted octanol–water partition coefficient (Wildman–Crippen LogP) is 3.19. The molecule has 2 aromatic carbocycles. The molecule has 21 heavy (non-hydrogen) atoms. The summed E-state index contributed by atoms with van der Waals surface area (Å²) in [7, 11) is 0. The molecule has 0 saturated heterocycles. The van der Waals surface area contributed by atoms with Gasteiger partial charge in [-0.15, -0.1) is 0 Å². The number of ketones is 1. The van der Waals surface area contributed by atoms with E-state index in [1.54, 1.807) is 6.08 Å². The fourth-order valence-electron chi connectivity index (χ4n) is 3.65. The van der Waals surface area contributed by atoms with Crippen molar-refractivity contribution in [2.45, 2.75) is 18.9 Å². The van der Waals surface area contributed by atoms with Crippen LogP contribution in [0, 0.1) is 6.92 Å². The van der Waals surface area contributed by atoms with Crippen LogP contribution in [0.3, 0.4) is 0 Å². The number of hydrogen-bond acceptors (Lipinski definition) is 2. The summed E-state index contributed by atoms with van der Waals surface area (Å²) in [5, 5.41) is 0. The first kappa shape index (κ1) is 12.4. The lowest BCUT2D eigenvalue weighted by Gasteiger charge is -2.43. The van der Waals surface area contributed by atoms with E-state index in [4.69, 9.17) is 0 Å². The lowest BCUT2D eigenvalue weighted by Crippen LogP contribution is -2.50. The SMILES string of the molecule is Cc1ccc(C23C(=O)C=CN2CCc2ccccc23)cc1. The first-order chi connectivity index (χ1) is 10.2. The second kappa shape index (κ2) is 4.32. The van der Waals surface area contributed by atoms with E-state index in [1.165, 1.54) is 11.1 Å². The minimum absolute atomic E-state index is 0.165. The highest BCUT2D eigenvalue weighted by Crippen LogP contribution is 2.45. The van der Waals surface area contributed by atoms with Crippen LogP contribution in [0.5, 0.6) is 0 Å². The van der Waals surface area contributed by atoms with Crippen LogP contribution in [0.15, 0.2) is 60.8 Å². The van der Waals surface area contributed by atoms with Crippen molar-refractivity contribution in [2.75, 3.05) is 6.54 Å². The van der Waals surface area contributed by atoms with E-state index < -0.39 is 5.54 Å². The van der Waals surface area contributed by atoms with Crippen LogP contribution in [-0.2, 0) is 16.8 Å². The largest absolute Gasteiger partial charge is 0.357 e. The summed E-state index contributed by atoms with van der Waals surface area (Å²) < 4.78 is 0. The zero-order valence-corrected chi connectivity index (χ0v) is 12.0. The van der Waals surface area contributed by atoms with Gasteiger partial charge in [0.05, 0.1) is 0 Å². The number of hydrogen-bond donors (Lipinski definition) is 0. The van der Waals surface area contributed by atoms with E-state index >= 15 is 0 Å². The molecular formula is C19H17NO. The third kappa shape index (κ3) is 1.56. The molecule has 0 bridgehead atoms. The Morgan fingerprint density at radius 2 is 1.81 bits per heavy atom. The highest BCUT2D eigenvalue weighted by molar-refractivity contribution is 6.04. The monoisotopic (exact) mass is 275 g/mol. The van der Waals surface area contributed by atoms with Crippen LogP contribution in [-0.4, -0.2) is 17.2 Å². The summed E-state index contributed by atoms with van der Waals surface area (Å²) >= 11 is 0. The Kier molecular flexibility index (Phi) is 2.55. The van der Waals surface area contributed by atoms with E-state index in [0.717, 1.165) is 24.1 Å². The first-order valence-electron chi connectivity index (χ1n) is 7.38. The summed E-state index contributed by atoms with van der Waals surface area (Å²) in [4.78, 5) is 15.0. The Balaban J connectivity index is 2.01. The lowest BCUT2D eigenvalue weighted by molar-refractivity contribution is -0.121. The van der Waals surface area contributed by atoms with Crippen LogP contribution >= 0.6 is 0 Å². The van der Waals surface area contributed by atoms with Gasteiger partial charge in [-0.2, -0.15) is 0 Å². The van der Waals surface area contributed by atoms with Crippen molar-refractivity contribution in [1.29, 1.82) is 0 Å². The van der Waals surface area contributed by atoms with E-state index in [9.17, 15) is 4.79 Å². The van der Waals surface area contributed by atoms with Crippen molar-refractivity contribution >= 4 is 5.78 Å². The van der Waals surface area contributed by atoms with E-state index in [0.29, 0.717) is 0 Å². The van der Waals surface area contributed by atoms with Crippen LogP contribution < -0.4 is 0 Å². The fraction of sp³-hybridized carbons (Fsp3) is 0.211. The van der Waals surface area contributed by atoms with Gasteiger partial charge in [0, 0.05) is 18.8 Å². The number of aryl methyl sites for hydroxylation is 1. The Labute approximate surface area is 124 Å². The molecule has 0 N–H and O–H groups in total. The maximum absolute atomic E-state index is 12.9. The standard InChI is InChI=1S/C19H17NO/c1-14-6-8-16(9-7-14)19-17-5-3-2-4-15(17)10-12-20(19)13-11-18(19)21/h2-9,11,13H,10,12H2,1H3. The van der Waals surface area contributed by atoms with Gasteiger partial charge in [0.1, 0.15) is 0 Å². The molecule has 0 aliphatic carbocycles. The molecule has 2 aliphatic heterocycles. The smallest absolute Gasteiger partial charge is 0.191 e. The minimum Gasteiger partial charge on any atom is -0.357 e. The van der Waals surface area contributed by atoms with Crippen LogP contribution in [0.4, 0.5) is 0 Å². The second-order valence-electron chi connectivity index (χ2n) is 5.86. The van der Waals surface area contributed by atoms with Gasteiger partial charge < -0.3 is 4.90 Å². The summed E-state index contributed by atoms with van der Waals surface area (Å²) in [6, 6.07) is 16.7. The third-order valence-electron chi connectivity index (χ3n) is 4.69. The highest BCUT2D eigenvalue weighted by atomic mass is 16.1. The third-order valence-corrected chi connectivity index (χ3v) is 4.69. The number of nitrogens with zero attached hydrogens (tertiary/aromatic N) is 1. The maximum Gasteiger partial charge on any atom is 0.191 e. The molecule has 0 radical (unpaired) electrons. The zero-order valence-electron chi connectivity index (χ0n) is 12.0. The summed E-state index contributed by atoms with van der Waals surface area (Å²) in [5.74, 6) is 0.165. The topological polar surface area (TPSA) is 20.3 Å². The molecule has 0 spiro atoms. The molecule has 2 heteroatoms. The van der Waals surface area contributed by atoms with E-state index in [1.807, 2.05) is 12.3 Å². The van der Waals surface area contributed by atoms with E-state index in [-0.39, 0.29) is 5.78 Å². The maximum atomic E-state index is 12.9. The Hall–Kier alpha value is -2.35. The molecule has 2 heterocycles. The second-order valence-corrected chi connectivity index (χ2v) is 5.86. The van der Waals surface area contributed by atoms with Crippen molar-refractivity contribution < 1.29 is 4.79 Å². The van der Waals surface area contributed by atoms with Crippen LogP contribution in [0.25, 0.3) is 0 Å². The van der Waals surface area contributed by atoms with E-state index in [2.05, 4.69) is 54.3 Å². The van der Waals surface area contributed by atoms with Gasteiger partial charge in [-0.05, 0) is 30.0 Å². The Morgan fingerprint density at radius 3 is 2.62 bits per heavy atom. The van der Waals surface area contributed by atoms with Gasteiger partial charge in [-0.3, -0.25) is 4.79 Å². The minimum atomic E-state index is -0.650. The zero-order chi connectivity index (χ0) is 14.4. The van der Waals surface area contributed by atoms with Crippen molar-refractivity contribution in [3.8, 4) is 0 Å². The number of fused-ring (bicyclic) bond motifs is 3. The fourth-order valence-corrected chi connectivity index (χ4v) is 3.65. The molecule has 2 aliphatic rings. The molecule has 104 valence electrons. The molecule has 0 aromatic heterocycles. The van der Waals surface area contributed by atoms with Gasteiger partial charge >= 0.3 is 0 Å². The quantitative estimate of drug-likeness (QED) is 0.796. The van der Waals surface area contributed by atoms with Gasteiger partial charge in [0.2, 0.25) is 0 Å². The van der Waals surface area contributed by atoms with Crippen molar-refractivity contribution in [3.63, 3.8) is 0 Å². The summed E-state index contributed by atoms with van der Waals surface area (Å²) in [6.45, 7) is 2.95. The van der Waals surface area contributed by atoms with Crippen molar-refractivity contribution in [2.24, 2.45) is 0 Å². The van der Waals surface area contributed by atoms with Crippen molar-refractivity contribution in [3.05, 3.63) is 83.1 Å². The number of carbonyl (C=O) groups is 1. The average Bonchev–Trinajstić information content (AvgIpc) is 2.86. The van der Waals surface area contributed by atoms with Crippen LogP contribution in [0.1, 0.15) is 22.3 Å². The number of benzene rings is 2. The molecule has 2 nitrogen and oxygen atoms in total. The molecular weight excluding hydrogens is 258 g/mol. The molecule has 1 atom stereocenters. The lowest BCUT2D eigenvalue weighted by atomic mass is 9.74. The normalized spacial score (nSPS) is 23.1. The predicted molar refractivity (Wildman–Crippen MR) is 83.0 cm³/mol. The molecule has 0 saturated carbocycles. The number of carbonyl (C=O) groups excluding carboxylic acids is 1. The van der Waals surface area contributed by atoms with Gasteiger partial charge in [0.15, 0.2) is 11.3 Å². The van der Waals surface area contributed by atoms with Crippen LogP contribution in [0.2, 0.25) is 0 Å². The van der Waals surface area contributed by atoms with Gasteiger partial charge in [0.25, 0.3) is 0 Å². The average molecular weight is 275 g/mol. The molecule has 0 fully saturated rings. The number of rotatable bonds is 1. The highest BCUT2D eigenvalue weighted by Gasteiger charge is 2.50. The van der Waals surface area contributed by atoms with Gasteiger partial charge in [-0.1, -0.05) is 54.1 Å². The Morgan fingerprint density at radius 1 is 1.05 bits per heavy atom. The molecule has 1 unspecified atom stereocenters. The van der Waals surface area contributed by atoms with Crippen molar-refractivity contribution in [1.82, 2.24) is 4.90 Å². The first-order valence-corrected chi connectivity index (χ1v) is 7.38. The molecule has 2 aromatic rings. The molecule has 0 amide bonds. The molecule has 4 rings (SSSR count).